The fraction of sp³-hybridized carbons (Fsp3) is 0.208. The number of esters is 1. The predicted molar refractivity (Wildman–Crippen MR) is 129 cm³/mol. The van der Waals surface area contributed by atoms with Crippen molar-refractivity contribution in [3.63, 3.8) is 0 Å². The molecule has 0 spiro atoms. The van der Waals surface area contributed by atoms with Crippen molar-refractivity contribution < 1.29 is 19.1 Å². The maximum absolute atomic E-state index is 12.7. The molecule has 0 unspecified atom stereocenters. The summed E-state index contributed by atoms with van der Waals surface area (Å²) in [6.45, 7) is 5.12. The lowest BCUT2D eigenvalue weighted by molar-refractivity contribution is -0.118. The van der Waals surface area contributed by atoms with E-state index < -0.39 is 24.0 Å². The Kier molecular flexibility index (Phi) is 6.69. The Bertz CT molecular complexity index is 1440. The minimum atomic E-state index is -0.762. The molecule has 0 radical (unpaired) electrons. The van der Waals surface area contributed by atoms with Crippen molar-refractivity contribution in [2.45, 2.75) is 20.8 Å². The monoisotopic (exact) mass is 478 g/mol. The highest BCUT2D eigenvalue weighted by molar-refractivity contribution is 7.22. The molecule has 34 heavy (non-hydrogen) atoms. The third-order valence-corrected chi connectivity index (χ3v) is 5.79. The summed E-state index contributed by atoms with van der Waals surface area (Å²) in [6.07, 6.45) is 0. The van der Waals surface area contributed by atoms with E-state index >= 15 is 0 Å². The van der Waals surface area contributed by atoms with Gasteiger partial charge in [-0.15, -0.1) is 0 Å². The number of nitrogens with one attached hydrogen (secondary N) is 1. The highest BCUT2D eigenvalue weighted by Gasteiger charge is 2.21. The molecule has 2 heterocycles. The molecule has 1 N–H and O–H groups in total. The molecule has 174 valence electrons. The summed E-state index contributed by atoms with van der Waals surface area (Å²) in [5, 5.41) is 7.29. The Morgan fingerprint density at radius 3 is 2.68 bits per heavy atom. The van der Waals surface area contributed by atoms with Gasteiger partial charge in [0, 0.05) is 0 Å². The van der Waals surface area contributed by atoms with Gasteiger partial charge >= 0.3 is 5.97 Å². The lowest BCUT2D eigenvalue weighted by atomic mass is 10.2. The summed E-state index contributed by atoms with van der Waals surface area (Å²) in [4.78, 5) is 42.1. The number of thiazole rings is 1. The number of hydrogen-bond acceptors (Lipinski definition) is 8. The molecule has 0 atom stereocenters. The fourth-order valence-corrected chi connectivity index (χ4v) is 4.23. The first-order chi connectivity index (χ1) is 16.4. The molecule has 9 nitrogen and oxygen atoms in total. The minimum absolute atomic E-state index is 0.112. The summed E-state index contributed by atoms with van der Waals surface area (Å²) >= 11 is 1.34. The van der Waals surface area contributed by atoms with Crippen molar-refractivity contribution >= 4 is 38.6 Å². The summed E-state index contributed by atoms with van der Waals surface area (Å²) in [5.41, 5.74) is 2.48. The average Bonchev–Trinajstić information content (AvgIpc) is 3.19. The van der Waals surface area contributed by atoms with Crippen LogP contribution in [0.2, 0.25) is 0 Å². The van der Waals surface area contributed by atoms with Crippen LogP contribution in [0.1, 0.15) is 28.5 Å². The lowest BCUT2D eigenvalue weighted by Gasteiger charge is -2.13. The highest BCUT2D eigenvalue weighted by Crippen LogP contribution is 2.26. The number of nitrogens with zero attached hydrogens (tertiary/aromatic N) is 3. The topological polar surface area (TPSA) is 112 Å². The molecule has 0 aliphatic rings. The predicted octanol–water partition coefficient (Wildman–Crippen LogP) is 3.65. The molecule has 4 aromatic rings. The van der Waals surface area contributed by atoms with Crippen LogP contribution in [-0.2, 0) is 9.53 Å². The molecule has 10 heteroatoms. The largest absolute Gasteiger partial charge is 0.481 e. The van der Waals surface area contributed by atoms with Crippen LogP contribution < -0.4 is 15.6 Å². The van der Waals surface area contributed by atoms with Gasteiger partial charge in [0.2, 0.25) is 5.69 Å². The van der Waals surface area contributed by atoms with Crippen molar-refractivity contribution in [2.24, 2.45) is 0 Å². The Hall–Kier alpha value is -4.05. The van der Waals surface area contributed by atoms with Crippen LogP contribution in [0, 0.1) is 13.8 Å². The number of benzene rings is 2. The molecule has 0 bridgehead atoms. The number of aromatic nitrogens is 3. The molecule has 0 fully saturated rings. The molecule has 2 aromatic carbocycles. The summed E-state index contributed by atoms with van der Waals surface area (Å²) < 4.78 is 12.6. The lowest BCUT2D eigenvalue weighted by Crippen LogP contribution is -2.27. The van der Waals surface area contributed by atoms with Crippen LogP contribution in [0.25, 0.3) is 15.9 Å². The number of ether oxygens (including phenoxy) is 2. The van der Waals surface area contributed by atoms with Crippen LogP contribution in [0.4, 0.5) is 5.13 Å². The normalized spacial score (nSPS) is 10.8. The second-order valence-corrected chi connectivity index (χ2v) is 8.47. The molecule has 0 aliphatic heterocycles. The van der Waals surface area contributed by atoms with Crippen molar-refractivity contribution in [3.8, 4) is 11.4 Å². The average molecular weight is 479 g/mol. The standard InChI is InChI=1S/C24H22N4O5S/c1-4-32-23(31)22-18(12-21(30)28(27-22)17-8-6-5-7-15(17)3)33-13-20(29)26-24-25-16-10-9-14(2)11-19(16)34-24/h5-12H,4,13H2,1-3H3,(H,25,26,29). The maximum Gasteiger partial charge on any atom is 0.362 e. The van der Waals surface area contributed by atoms with Gasteiger partial charge in [0.25, 0.3) is 11.5 Å². The van der Waals surface area contributed by atoms with Crippen molar-refractivity contribution in [2.75, 3.05) is 18.5 Å². The zero-order chi connectivity index (χ0) is 24.2. The molecule has 0 saturated carbocycles. The van der Waals surface area contributed by atoms with Crippen LogP contribution in [0.3, 0.4) is 0 Å². The van der Waals surface area contributed by atoms with Crippen LogP contribution in [-0.4, -0.2) is 39.9 Å². The second-order valence-electron chi connectivity index (χ2n) is 7.44. The molecule has 1 amide bonds. The van der Waals surface area contributed by atoms with E-state index in [1.165, 1.54) is 11.3 Å². The first-order valence-corrected chi connectivity index (χ1v) is 11.3. The minimum Gasteiger partial charge on any atom is -0.481 e. The van der Waals surface area contributed by atoms with Gasteiger partial charge < -0.3 is 9.47 Å². The SMILES string of the molecule is CCOC(=O)c1nn(-c2ccccc2C)c(=O)cc1OCC(=O)Nc1nc2ccc(C)cc2s1. The zero-order valence-corrected chi connectivity index (χ0v) is 19.6. The second kappa shape index (κ2) is 9.84. The van der Waals surface area contributed by atoms with Crippen LogP contribution >= 0.6 is 11.3 Å². The van der Waals surface area contributed by atoms with Gasteiger partial charge in [-0.3, -0.25) is 14.9 Å². The highest BCUT2D eigenvalue weighted by atomic mass is 32.1. The number of fused-ring (bicyclic) bond motifs is 1. The van der Waals surface area contributed by atoms with Gasteiger partial charge in [-0.1, -0.05) is 35.6 Å². The summed E-state index contributed by atoms with van der Waals surface area (Å²) in [7, 11) is 0. The summed E-state index contributed by atoms with van der Waals surface area (Å²) in [5.74, 6) is -1.39. The van der Waals surface area contributed by atoms with E-state index in [-0.39, 0.29) is 18.1 Å². The van der Waals surface area contributed by atoms with Gasteiger partial charge in [-0.25, -0.2) is 9.78 Å². The third kappa shape index (κ3) is 4.96. The van der Waals surface area contributed by atoms with Gasteiger partial charge in [0.1, 0.15) is 0 Å². The number of hydrogen-bond donors (Lipinski definition) is 1. The van der Waals surface area contributed by atoms with Crippen LogP contribution in [0.5, 0.6) is 5.75 Å². The van der Waals surface area contributed by atoms with Crippen molar-refractivity contribution in [3.05, 3.63) is 75.7 Å². The zero-order valence-electron chi connectivity index (χ0n) is 18.8. The molecule has 2 aromatic heterocycles. The third-order valence-electron chi connectivity index (χ3n) is 4.86. The maximum atomic E-state index is 12.7. The van der Waals surface area contributed by atoms with E-state index in [1.54, 1.807) is 19.1 Å². The van der Waals surface area contributed by atoms with E-state index in [2.05, 4.69) is 15.4 Å². The Balaban J connectivity index is 1.56. The molecule has 0 aliphatic carbocycles. The number of carbonyl (C=O) groups excluding carboxylic acids is 2. The van der Waals surface area contributed by atoms with E-state index in [0.717, 1.165) is 32.1 Å². The van der Waals surface area contributed by atoms with Gasteiger partial charge in [-0.2, -0.15) is 9.78 Å². The number of aryl methyl sites for hydroxylation is 2. The number of amides is 1. The van der Waals surface area contributed by atoms with Crippen molar-refractivity contribution in [1.29, 1.82) is 0 Å². The first kappa shape index (κ1) is 23.1. The molecular formula is C24H22N4O5S. The molecule has 4 rings (SSSR count). The van der Waals surface area contributed by atoms with Gasteiger partial charge in [0.15, 0.2) is 17.5 Å². The Morgan fingerprint density at radius 2 is 1.91 bits per heavy atom. The van der Waals surface area contributed by atoms with E-state index in [0.29, 0.717) is 10.8 Å². The molecular weight excluding hydrogens is 456 g/mol. The van der Waals surface area contributed by atoms with Crippen molar-refractivity contribution in [1.82, 2.24) is 14.8 Å². The Labute approximate surface area is 199 Å². The summed E-state index contributed by atoms with van der Waals surface area (Å²) in [6, 6.07) is 14.1. The van der Waals surface area contributed by atoms with Gasteiger partial charge in [0.05, 0.1) is 28.6 Å². The van der Waals surface area contributed by atoms with E-state index in [4.69, 9.17) is 9.47 Å². The van der Waals surface area contributed by atoms with E-state index in [1.807, 2.05) is 44.2 Å². The first-order valence-electron chi connectivity index (χ1n) is 10.5. The number of anilines is 1. The van der Waals surface area contributed by atoms with Gasteiger partial charge in [-0.05, 0) is 50.1 Å². The van der Waals surface area contributed by atoms with Crippen LogP contribution in [0.15, 0.2) is 53.3 Å². The van der Waals surface area contributed by atoms with E-state index in [9.17, 15) is 14.4 Å². The fourth-order valence-electron chi connectivity index (χ4n) is 3.25. The number of carbonyl (C=O) groups is 2. The number of rotatable bonds is 7. The molecule has 0 saturated heterocycles. The number of para-hydroxylation sites is 1. The smallest absolute Gasteiger partial charge is 0.362 e. The Morgan fingerprint density at radius 1 is 1.12 bits per heavy atom. The quantitative estimate of drug-likeness (QED) is 0.404.